The number of hydrogen-bond donors (Lipinski definition) is 3. The van der Waals surface area contributed by atoms with Crippen LogP contribution >= 0.6 is 0 Å². The first kappa shape index (κ1) is 22.5. The first-order valence-corrected chi connectivity index (χ1v) is 11.5. The molecule has 3 aliphatic rings. The Hall–Kier alpha value is -1.16. The molecule has 2 saturated carbocycles. The maximum atomic E-state index is 10.1. The molecular weight excluding hydrogens is 360 g/mol. The van der Waals surface area contributed by atoms with E-state index in [1.165, 1.54) is 18.4 Å². The van der Waals surface area contributed by atoms with E-state index in [-0.39, 0.29) is 5.41 Å². The Morgan fingerprint density at radius 3 is 2.72 bits per heavy atom. The topological polar surface area (TPSA) is 60.7 Å². The number of fused-ring (bicyclic) bond motifs is 1. The minimum absolute atomic E-state index is 0.264. The Balaban J connectivity index is 1.66. The number of unbranched alkanes of at least 4 members (excludes halogenated alkanes) is 1. The van der Waals surface area contributed by atoms with Crippen LogP contribution < -0.4 is 0 Å². The maximum absolute atomic E-state index is 10.1. The van der Waals surface area contributed by atoms with E-state index in [0.29, 0.717) is 18.8 Å². The smallest absolute Gasteiger partial charge is 0.0811 e. The highest BCUT2D eigenvalue weighted by Gasteiger charge is 2.44. The molecule has 0 amide bonds. The van der Waals surface area contributed by atoms with Crippen LogP contribution in [0.5, 0.6) is 0 Å². The predicted octanol–water partition coefficient (Wildman–Crippen LogP) is 5.38. The summed E-state index contributed by atoms with van der Waals surface area (Å²) in [5, 5.41) is 30.0. The molecule has 29 heavy (non-hydrogen) atoms. The zero-order chi connectivity index (χ0) is 21.2. The molecule has 162 valence electrons. The first-order valence-electron chi connectivity index (χ1n) is 11.5. The molecule has 2 fully saturated rings. The van der Waals surface area contributed by atoms with Gasteiger partial charge in [0.2, 0.25) is 0 Å². The lowest BCUT2D eigenvalue weighted by molar-refractivity contribution is 0.0680. The summed E-state index contributed by atoms with van der Waals surface area (Å²) in [5.41, 5.74) is 4.59. The zero-order valence-electron chi connectivity index (χ0n) is 18.6. The summed E-state index contributed by atoms with van der Waals surface area (Å²) in [6, 6.07) is 0. The van der Waals surface area contributed by atoms with Gasteiger partial charge in [-0.25, -0.2) is 0 Å². The summed E-state index contributed by atoms with van der Waals surface area (Å²) in [7, 11) is 0. The van der Waals surface area contributed by atoms with E-state index < -0.39 is 17.8 Å². The Labute approximate surface area is 176 Å². The van der Waals surface area contributed by atoms with Crippen LogP contribution in [0.4, 0.5) is 0 Å². The van der Waals surface area contributed by atoms with Gasteiger partial charge < -0.3 is 15.3 Å². The van der Waals surface area contributed by atoms with Crippen molar-refractivity contribution in [2.45, 2.75) is 103 Å². The molecule has 3 aliphatic carbocycles. The third-order valence-corrected chi connectivity index (χ3v) is 7.46. The average Bonchev–Trinajstić information content (AvgIpc) is 2.96. The van der Waals surface area contributed by atoms with Gasteiger partial charge in [0, 0.05) is 6.42 Å². The van der Waals surface area contributed by atoms with Crippen molar-refractivity contribution in [3.05, 3.63) is 47.1 Å². The van der Waals surface area contributed by atoms with E-state index in [0.717, 1.165) is 49.7 Å². The van der Waals surface area contributed by atoms with Gasteiger partial charge in [-0.1, -0.05) is 49.3 Å². The molecule has 0 radical (unpaired) electrons. The van der Waals surface area contributed by atoms with E-state index in [4.69, 9.17) is 0 Å². The highest BCUT2D eigenvalue weighted by atomic mass is 16.3. The average molecular weight is 401 g/mol. The molecule has 0 aliphatic heterocycles. The van der Waals surface area contributed by atoms with Crippen molar-refractivity contribution < 1.29 is 15.3 Å². The van der Waals surface area contributed by atoms with Crippen molar-refractivity contribution in [1.29, 1.82) is 0 Å². The fourth-order valence-corrected chi connectivity index (χ4v) is 5.63. The lowest BCUT2D eigenvalue weighted by Gasteiger charge is -2.41. The first-order chi connectivity index (χ1) is 13.6. The lowest BCUT2D eigenvalue weighted by Crippen LogP contribution is -2.30. The number of allylic oxidation sites excluding steroid dienone is 5. The number of hydrogen-bond acceptors (Lipinski definition) is 3. The molecule has 0 bridgehead atoms. The molecule has 0 spiro atoms. The van der Waals surface area contributed by atoms with Gasteiger partial charge in [0.1, 0.15) is 0 Å². The minimum atomic E-state index is -0.622. The van der Waals surface area contributed by atoms with Gasteiger partial charge in [0.25, 0.3) is 0 Å². The molecule has 0 aromatic carbocycles. The third-order valence-electron chi connectivity index (χ3n) is 7.46. The summed E-state index contributed by atoms with van der Waals surface area (Å²) in [6.45, 7) is 10.3. The summed E-state index contributed by atoms with van der Waals surface area (Å²) < 4.78 is 0. The van der Waals surface area contributed by atoms with Crippen molar-refractivity contribution in [3.63, 3.8) is 0 Å². The number of aliphatic hydroxyl groups excluding tert-OH is 2. The number of aliphatic hydroxyl groups is 3. The summed E-state index contributed by atoms with van der Waals surface area (Å²) >= 11 is 0. The van der Waals surface area contributed by atoms with Gasteiger partial charge in [-0.05, 0) is 87.7 Å². The Bertz CT molecular complexity index is 706. The van der Waals surface area contributed by atoms with Gasteiger partial charge in [-0.2, -0.15) is 0 Å². The highest BCUT2D eigenvalue weighted by molar-refractivity contribution is 5.40. The minimum Gasteiger partial charge on any atom is -0.393 e. The largest absolute Gasteiger partial charge is 0.393 e. The molecule has 3 rings (SSSR count). The van der Waals surface area contributed by atoms with Gasteiger partial charge in [0.05, 0.1) is 17.8 Å². The molecule has 4 atom stereocenters. The second-order valence-electron chi connectivity index (χ2n) is 10.4. The van der Waals surface area contributed by atoms with Gasteiger partial charge >= 0.3 is 0 Å². The van der Waals surface area contributed by atoms with Crippen LogP contribution in [0.3, 0.4) is 0 Å². The van der Waals surface area contributed by atoms with Gasteiger partial charge in [-0.3, -0.25) is 0 Å². The molecule has 0 heterocycles. The second kappa shape index (κ2) is 8.91. The van der Waals surface area contributed by atoms with E-state index in [1.54, 1.807) is 5.57 Å². The Morgan fingerprint density at radius 2 is 2.00 bits per heavy atom. The van der Waals surface area contributed by atoms with Gasteiger partial charge in [0.15, 0.2) is 0 Å². The second-order valence-corrected chi connectivity index (χ2v) is 10.4. The molecular formula is C26H40O3. The van der Waals surface area contributed by atoms with Crippen LogP contribution in [0.2, 0.25) is 0 Å². The normalized spacial score (nSPS) is 35.9. The maximum Gasteiger partial charge on any atom is 0.0811 e. The third kappa shape index (κ3) is 5.31. The van der Waals surface area contributed by atoms with Crippen LogP contribution in [0.1, 0.15) is 85.0 Å². The summed E-state index contributed by atoms with van der Waals surface area (Å²) in [5.74, 6) is 0.573. The van der Waals surface area contributed by atoms with Crippen LogP contribution in [-0.4, -0.2) is 33.1 Å². The Morgan fingerprint density at radius 1 is 1.24 bits per heavy atom. The molecule has 0 saturated heterocycles. The number of rotatable bonds is 6. The molecule has 3 nitrogen and oxygen atoms in total. The lowest BCUT2D eigenvalue weighted by atomic mass is 9.63. The van der Waals surface area contributed by atoms with E-state index in [2.05, 4.69) is 31.7 Å². The van der Waals surface area contributed by atoms with Crippen LogP contribution in [0.25, 0.3) is 0 Å². The SMILES string of the molecule is C=C1/C(=C\C=C2/CCC[C@]3(C)C(CCCCC(C)(C)O)=CCC23)CC(O)C[C@@H]1O. The van der Waals surface area contributed by atoms with Crippen LogP contribution in [-0.2, 0) is 0 Å². The van der Waals surface area contributed by atoms with Crippen molar-refractivity contribution in [2.24, 2.45) is 11.3 Å². The van der Waals surface area contributed by atoms with E-state index in [9.17, 15) is 15.3 Å². The summed E-state index contributed by atoms with van der Waals surface area (Å²) in [6.07, 6.45) is 15.7. The fourth-order valence-electron chi connectivity index (χ4n) is 5.63. The Kier molecular flexibility index (Phi) is 6.92. The monoisotopic (exact) mass is 400 g/mol. The van der Waals surface area contributed by atoms with Crippen LogP contribution in [0.15, 0.2) is 47.1 Å². The quantitative estimate of drug-likeness (QED) is 0.414. The highest BCUT2D eigenvalue weighted by Crippen LogP contribution is 2.55. The van der Waals surface area contributed by atoms with Gasteiger partial charge in [-0.15, -0.1) is 0 Å². The van der Waals surface area contributed by atoms with Crippen LogP contribution in [0, 0.1) is 11.3 Å². The molecule has 2 unspecified atom stereocenters. The van der Waals surface area contributed by atoms with Crippen molar-refractivity contribution >= 4 is 0 Å². The van der Waals surface area contributed by atoms with Crippen molar-refractivity contribution in [1.82, 2.24) is 0 Å². The predicted molar refractivity (Wildman–Crippen MR) is 119 cm³/mol. The van der Waals surface area contributed by atoms with E-state index in [1.807, 2.05) is 13.8 Å². The fraction of sp³-hybridized carbons (Fsp3) is 0.692. The van der Waals surface area contributed by atoms with E-state index >= 15 is 0 Å². The molecule has 0 aromatic heterocycles. The molecule has 3 heteroatoms. The van der Waals surface area contributed by atoms with Crippen molar-refractivity contribution in [2.75, 3.05) is 0 Å². The standard InChI is InChI=1S/C26H40O3/c1-18-20(16-22(27)17-24(18)28)11-10-19-8-7-15-26(4)21(12-13-23(19)26)9-5-6-14-25(2,3)29/h10-12,22-24,27-29H,1,5-9,13-17H2,2-4H3/b19-10+,20-11-/t22?,23?,24-,26+/m0/s1. The molecule has 0 aromatic rings. The summed E-state index contributed by atoms with van der Waals surface area (Å²) in [4.78, 5) is 0. The molecule has 3 N–H and O–H groups in total. The zero-order valence-corrected chi connectivity index (χ0v) is 18.6. The van der Waals surface area contributed by atoms with Crippen molar-refractivity contribution in [3.8, 4) is 0 Å².